The third-order valence-corrected chi connectivity index (χ3v) is 4.84. The Labute approximate surface area is 158 Å². The molecule has 8 nitrogen and oxygen atoms in total. The maximum Gasteiger partial charge on any atom is 0.239 e. The van der Waals surface area contributed by atoms with E-state index in [1.165, 1.54) is 0 Å². The second-order valence-corrected chi connectivity index (χ2v) is 6.76. The molecule has 3 amide bonds. The minimum atomic E-state index is -0.432. The summed E-state index contributed by atoms with van der Waals surface area (Å²) in [4.78, 5) is 40.2. The number of para-hydroxylation sites is 1. The molecule has 1 aromatic rings. The van der Waals surface area contributed by atoms with E-state index in [2.05, 4.69) is 15.5 Å². The van der Waals surface area contributed by atoms with Gasteiger partial charge in [-0.05, 0) is 12.1 Å². The topological polar surface area (TPSA) is 91.0 Å². The van der Waals surface area contributed by atoms with Gasteiger partial charge in [-0.25, -0.2) is 0 Å². The van der Waals surface area contributed by atoms with Gasteiger partial charge in [0.15, 0.2) is 0 Å². The molecule has 27 heavy (non-hydrogen) atoms. The summed E-state index contributed by atoms with van der Waals surface area (Å²) in [7, 11) is 0. The first-order valence-corrected chi connectivity index (χ1v) is 9.33. The van der Waals surface area contributed by atoms with Gasteiger partial charge in [-0.2, -0.15) is 0 Å². The fourth-order valence-corrected chi connectivity index (χ4v) is 3.29. The normalized spacial score (nSPS) is 20.5. The maximum absolute atomic E-state index is 12.3. The van der Waals surface area contributed by atoms with Crippen LogP contribution in [-0.2, 0) is 19.1 Å². The molecule has 2 aliphatic rings. The summed E-state index contributed by atoms with van der Waals surface area (Å²) in [5.41, 5.74) is 0.790. The Kier molecular flexibility index (Phi) is 6.78. The molecule has 0 aromatic heterocycles. The van der Waals surface area contributed by atoms with E-state index >= 15 is 0 Å². The SMILES string of the molecule is O=C(CNC(=O)C1CC(=O)N(c2ccccc2)C1)NCCN1CCOCC1. The van der Waals surface area contributed by atoms with Crippen LogP contribution in [0.2, 0.25) is 0 Å². The van der Waals surface area contributed by atoms with E-state index in [0.29, 0.717) is 13.1 Å². The van der Waals surface area contributed by atoms with E-state index < -0.39 is 5.92 Å². The molecule has 2 N–H and O–H groups in total. The highest BCUT2D eigenvalue weighted by Gasteiger charge is 2.35. The van der Waals surface area contributed by atoms with Crippen LogP contribution in [0.5, 0.6) is 0 Å². The van der Waals surface area contributed by atoms with Gasteiger partial charge in [-0.3, -0.25) is 19.3 Å². The molecule has 8 heteroatoms. The van der Waals surface area contributed by atoms with E-state index in [1.807, 2.05) is 30.3 Å². The summed E-state index contributed by atoms with van der Waals surface area (Å²) >= 11 is 0. The second-order valence-electron chi connectivity index (χ2n) is 6.76. The van der Waals surface area contributed by atoms with Gasteiger partial charge in [0.05, 0.1) is 25.7 Å². The lowest BCUT2D eigenvalue weighted by molar-refractivity contribution is -0.129. The Morgan fingerprint density at radius 3 is 2.59 bits per heavy atom. The second kappa shape index (κ2) is 9.48. The number of ether oxygens (including phenoxy) is 1. The van der Waals surface area contributed by atoms with Crippen LogP contribution >= 0.6 is 0 Å². The van der Waals surface area contributed by atoms with E-state index in [0.717, 1.165) is 38.5 Å². The smallest absolute Gasteiger partial charge is 0.239 e. The number of hydrogen-bond donors (Lipinski definition) is 2. The van der Waals surface area contributed by atoms with E-state index in [-0.39, 0.29) is 30.7 Å². The summed E-state index contributed by atoms with van der Waals surface area (Å²) in [5.74, 6) is -0.985. The van der Waals surface area contributed by atoms with E-state index in [1.54, 1.807) is 4.90 Å². The largest absolute Gasteiger partial charge is 0.379 e. The minimum Gasteiger partial charge on any atom is -0.379 e. The van der Waals surface area contributed by atoms with Crippen molar-refractivity contribution in [1.82, 2.24) is 15.5 Å². The van der Waals surface area contributed by atoms with Gasteiger partial charge in [-0.1, -0.05) is 18.2 Å². The Hall–Kier alpha value is -2.45. The number of nitrogens with zero attached hydrogens (tertiary/aromatic N) is 2. The third kappa shape index (κ3) is 5.51. The van der Waals surface area contributed by atoms with Crippen molar-refractivity contribution in [2.24, 2.45) is 5.92 Å². The molecule has 0 spiro atoms. The van der Waals surface area contributed by atoms with Crippen LogP contribution in [0, 0.1) is 5.92 Å². The number of amides is 3. The van der Waals surface area contributed by atoms with Gasteiger partial charge in [0.1, 0.15) is 0 Å². The summed E-state index contributed by atoms with van der Waals surface area (Å²) in [6.07, 6.45) is 0.166. The van der Waals surface area contributed by atoms with Crippen molar-refractivity contribution >= 4 is 23.4 Å². The number of carbonyl (C=O) groups is 3. The third-order valence-electron chi connectivity index (χ3n) is 4.84. The number of hydrogen-bond acceptors (Lipinski definition) is 5. The van der Waals surface area contributed by atoms with Crippen molar-refractivity contribution in [1.29, 1.82) is 0 Å². The van der Waals surface area contributed by atoms with Crippen LogP contribution in [0.15, 0.2) is 30.3 Å². The van der Waals surface area contributed by atoms with Crippen LogP contribution in [0.1, 0.15) is 6.42 Å². The molecule has 1 atom stereocenters. The van der Waals surface area contributed by atoms with Crippen LogP contribution in [0.25, 0.3) is 0 Å². The Morgan fingerprint density at radius 1 is 1.11 bits per heavy atom. The molecular weight excluding hydrogens is 348 g/mol. The summed E-state index contributed by atoms with van der Waals surface area (Å²) in [6.45, 7) is 4.78. The first-order valence-electron chi connectivity index (χ1n) is 9.33. The van der Waals surface area contributed by atoms with Crippen LogP contribution in [-0.4, -0.2) is 75.1 Å². The quantitative estimate of drug-likeness (QED) is 0.678. The lowest BCUT2D eigenvalue weighted by atomic mass is 10.1. The lowest BCUT2D eigenvalue weighted by Crippen LogP contribution is -2.44. The number of benzene rings is 1. The van der Waals surface area contributed by atoms with Crippen molar-refractivity contribution in [3.8, 4) is 0 Å². The maximum atomic E-state index is 12.3. The van der Waals surface area contributed by atoms with Crippen LogP contribution < -0.4 is 15.5 Å². The van der Waals surface area contributed by atoms with E-state index in [9.17, 15) is 14.4 Å². The van der Waals surface area contributed by atoms with Gasteiger partial charge < -0.3 is 20.3 Å². The minimum absolute atomic E-state index is 0.0715. The fourth-order valence-electron chi connectivity index (χ4n) is 3.29. The molecule has 2 aliphatic heterocycles. The fraction of sp³-hybridized carbons (Fsp3) is 0.526. The Morgan fingerprint density at radius 2 is 1.85 bits per heavy atom. The zero-order valence-electron chi connectivity index (χ0n) is 15.4. The zero-order valence-corrected chi connectivity index (χ0v) is 15.4. The van der Waals surface area contributed by atoms with Crippen molar-refractivity contribution in [2.75, 3.05) is 57.4 Å². The van der Waals surface area contributed by atoms with Gasteiger partial charge in [0, 0.05) is 44.8 Å². The molecule has 3 rings (SSSR count). The molecule has 1 unspecified atom stereocenters. The molecule has 146 valence electrons. The number of anilines is 1. The van der Waals surface area contributed by atoms with Gasteiger partial charge in [0.25, 0.3) is 0 Å². The van der Waals surface area contributed by atoms with Crippen molar-refractivity contribution in [3.05, 3.63) is 30.3 Å². The molecular formula is C19H26N4O4. The van der Waals surface area contributed by atoms with E-state index in [4.69, 9.17) is 4.74 Å². The molecule has 1 aromatic carbocycles. The number of morpholine rings is 1. The van der Waals surface area contributed by atoms with Crippen LogP contribution in [0.3, 0.4) is 0 Å². The highest BCUT2D eigenvalue weighted by molar-refractivity contribution is 6.00. The zero-order chi connectivity index (χ0) is 19.1. The average Bonchev–Trinajstić information content (AvgIpc) is 3.09. The average molecular weight is 374 g/mol. The predicted octanol–water partition coefficient (Wildman–Crippen LogP) is -0.396. The first kappa shape index (κ1) is 19.3. The number of rotatable bonds is 7. The predicted molar refractivity (Wildman–Crippen MR) is 100 cm³/mol. The molecule has 0 saturated carbocycles. The molecule has 2 heterocycles. The standard InChI is InChI=1S/C19H26N4O4/c24-17(20-6-7-22-8-10-27-11-9-22)13-21-19(26)15-12-18(25)23(14-15)16-4-2-1-3-5-16/h1-5,15H,6-14H2,(H,20,24)(H,21,26). The molecule has 0 bridgehead atoms. The summed E-state index contributed by atoms with van der Waals surface area (Å²) < 4.78 is 5.28. The van der Waals surface area contributed by atoms with Crippen molar-refractivity contribution in [2.45, 2.75) is 6.42 Å². The highest BCUT2D eigenvalue weighted by Crippen LogP contribution is 2.24. The Bertz CT molecular complexity index is 661. The van der Waals surface area contributed by atoms with Gasteiger partial charge >= 0.3 is 0 Å². The summed E-state index contributed by atoms with van der Waals surface area (Å²) in [5, 5.41) is 5.45. The van der Waals surface area contributed by atoms with Crippen molar-refractivity contribution in [3.63, 3.8) is 0 Å². The van der Waals surface area contributed by atoms with Gasteiger partial charge in [0.2, 0.25) is 17.7 Å². The molecule has 2 saturated heterocycles. The molecule has 0 radical (unpaired) electrons. The first-order chi connectivity index (χ1) is 13.1. The molecule has 0 aliphatic carbocycles. The lowest BCUT2D eigenvalue weighted by Gasteiger charge is -2.26. The van der Waals surface area contributed by atoms with Crippen molar-refractivity contribution < 1.29 is 19.1 Å². The number of carbonyl (C=O) groups excluding carboxylic acids is 3. The van der Waals surface area contributed by atoms with Crippen LogP contribution in [0.4, 0.5) is 5.69 Å². The summed E-state index contributed by atoms with van der Waals surface area (Å²) in [6, 6.07) is 9.29. The van der Waals surface area contributed by atoms with Gasteiger partial charge in [-0.15, -0.1) is 0 Å². The number of nitrogens with one attached hydrogen (secondary N) is 2. The highest BCUT2D eigenvalue weighted by atomic mass is 16.5. The molecule has 2 fully saturated rings. The Balaban J connectivity index is 1.36. The monoisotopic (exact) mass is 374 g/mol.